The zero-order valence-electron chi connectivity index (χ0n) is 22.5. The van der Waals surface area contributed by atoms with Crippen molar-refractivity contribution in [2.45, 2.75) is 45.7 Å². The monoisotopic (exact) mass is 539 g/mol. The minimum absolute atomic E-state index is 0.00645. The van der Waals surface area contributed by atoms with Gasteiger partial charge in [0.05, 0.1) is 28.6 Å². The lowest BCUT2D eigenvalue weighted by atomic mass is 9.76. The van der Waals surface area contributed by atoms with Crippen molar-refractivity contribution in [2.75, 3.05) is 13.1 Å². The first-order chi connectivity index (χ1) is 18.7. The Balaban J connectivity index is 1.14. The Morgan fingerprint density at radius 3 is 2.31 bits per heavy atom. The van der Waals surface area contributed by atoms with Crippen LogP contribution in [0.2, 0.25) is 0 Å². The van der Waals surface area contributed by atoms with E-state index in [1.165, 1.54) is 11.3 Å². The number of Topliss-reactive ketones (excluding diaryl/α,β-unsaturated/α-hetero) is 1. The number of H-pyrrole nitrogens is 1. The number of fused-ring (bicyclic) bond motifs is 3. The van der Waals surface area contributed by atoms with Crippen LogP contribution >= 0.6 is 11.3 Å². The maximum atomic E-state index is 13.9. The number of likely N-dealkylation sites (tertiary alicyclic amines) is 2. The fraction of sp³-hybridized carbons (Fsp3) is 0.344. The van der Waals surface area contributed by atoms with Crippen LogP contribution in [0.15, 0.2) is 72.8 Å². The number of carbonyl (C=O) groups is 3. The van der Waals surface area contributed by atoms with E-state index in [-0.39, 0.29) is 41.5 Å². The third kappa shape index (κ3) is 4.80. The van der Waals surface area contributed by atoms with Crippen molar-refractivity contribution in [2.24, 2.45) is 11.3 Å². The fourth-order valence-corrected chi connectivity index (χ4v) is 6.99. The number of nitrogens with zero attached hydrogens (tertiary/aromatic N) is 2. The number of hydrogen-bond acceptors (Lipinski definition) is 4. The summed E-state index contributed by atoms with van der Waals surface area (Å²) in [6.07, 6.45) is 0.949. The first kappa shape index (κ1) is 25.6. The van der Waals surface area contributed by atoms with Gasteiger partial charge in [0.1, 0.15) is 0 Å². The lowest BCUT2D eigenvalue weighted by Crippen LogP contribution is -2.53. The third-order valence-electron chi connectivity index (χ3n) is 8.22. The topological polar surface area (TPSA) is 73.5 Å². The number of aromatic nitrogens is 1. The molecule has 4 heterocycles. The largest absolute Gasteiger partial charge is 0.352 e. The highest BCUT2D eigenvalue weighted by Crippen LogP contribution is 2.39. The molecule has 2 aliphatic heterocycles. The second-order valence-corrected chi connectivity index (χ2v) is 12.9. The van der Waals surface area contributed by atoms with Crippen molar-refractivity contribution in [3.05, 3.63) is 83.4 Å². The highest BCUT2D eigenvalue weighted by Gasteiger charge is 2.50. The molecule has 0 aliphatic carbocycles. The molecule has 6 rings (SSSR count). The summed E-state index contributed by atoms with van der Waals surface area (Å²) in [7, 11) is 0. The minimum atomic E-state index is -0.439. The Morgan fingerprint density at radius 2 is 1.62 bits per heavy atom. The Hall–Kier alpha value is -3.71. The summed E-state index contributed by atoms with van der Waals surface area (Å²) >= 11 is 1.52. The molecule has 0 radical (unpaired) electrons. The molecule has 3 atom stereocenters. The highest BCUT2D eigenvalue weighted by atomic mass is 32.1. The van der Waals surface area contributed by atoms with Crippen molar-refractivity contribution in [3.63, 3.8) is 0 Å². The molecule has 4 aromatic rings. The third-order valence-corrected chi connectivity index (χ3v) is 9.35. The normalized spacial score (nSPS) is 19.6. The van der Waals surface area contributed by atoms with Crippen LogP contribution in [0, 0.1) is 11.3 Å². The van der Waals surface area contributed by atoms with Gasteiger partial charge >= 0.3 is 0 Å². The number of rotatable bonds is 6. The molecule has 7 heteroatoms. The van der Waals surface area contributed by atoms with Gasteiger partial charge in [0, 0.05) is 35.3 Å². The molecule has 0 spiro atoms. The van der Waals surface area contributed by atoms with Gasteiger partial charge in [0.25, 0.3) is 5.91 Å². The SMILES string of the molecule is CC(C)(C)[C@H](CC(=O)c1cc2ccccc2[nH]1)C(=O)N1C[C@@H]2C[C@H]1CN2C(=O)c1ccc(-c2ccccc2)s1. The number of piperazine rings is 1. The Labute approximate surface area is 232 Å². The molecule has 2 saturated heterocycles. The molecule has 2 aliphatic rings. The molecule has 2 fully saturated rings. The lowest BCUT2D eigenvalue weighted by Gasteiger charge is -2.39. The van der Waals surface area contributed by atoms with Crippen LogP contribution in [0.5, 0.6) is 0 Å². The molecule has 6 nitrogen and oxygen atoms in total. The van der Waals surface area contributed by atoms with E-state index in [9.17, 15) is 14.4 Å². The van der Waals surface area contributed by atoms with Crippen molar-refractivity contribution in [3.8, 4) is 10.4 Å². The molecule has 0 saturated carbocycles. The zero-order valence-corrected chi connectivity index (χ0v) is 23.3. The molecule has 1 N–H and O–H groups in total. The summed E-state index contributed by atoms with van der Waals surface area (Å²) in [5.74, 6) is -0.421. The average molecular weight is 540 g/mol. The maximum absolute atomic E-state index is 13.9. The predicted molar refractivity (Wildman–Crippen MR) is 155 cm³/mol. The average Bonchev–Trinajstić information content (AvgIpc) is 3.73. The second kappa shape index (κ2) is 9.79. The summed E-state index contributed by atoms with van der Waals surface area (Å²) in [5.41, 5.74) is 2.20. The van der Waals surface area contributed by atoms with Crippen LogP contribution in [0.1, 0.15) is 53.8 Å². The van der Waals surface area contributed by atoms with E-state index in [4.69, 9.17) is 0 Å². The molecule has 2 aromatic carbocycles. The van der Waals surface area contributed by atoms with Crippen molar-refractivity contribution in [1.82, 2.24) is 14.8 Å². The van der Waals surface area contributed by atoms with E-state index in [2.05, 4.69) is 17.1 Å². The molecule has 2 amide bonds. The number of hydrogen-bond donors (Lipinski definition) is 1. The van der Waals surface area contributed by atoms with Crippen LogP contribution in [0.3, 0.4) is 0 Å². The van der Waals surface area contributed by atoms with Gasteiger partial charge in [-0.2, -0.15) is 0 Å². The van der Waals surface area contributed by atoms with E-state index >= 15 is 0 Å². The molecule has 2 aromatic heterocycles. The summed E-state index contributed by atoms with van der Waals surface area (Å²) in [4.78, 5) is 49.5. The number of amides is 2. The first-order valence-electron chi connectivity index (χ1n) is 13.6. The molecule has 0 unspecified atom stereocenters. The summed E-state index contributed by atoms with van der Waals surface area (Å²) in [6, 6.07) is 23.7. The predicted octanol–water partition coefficient (Wildman–Crippen LogP) is 6.26. The van der Waals surface area contributed by atoms with Crippen LogP contribution < -0.4 is 0 Å². The number of carbonyl (C=O) groups excluding carboxylic acids is 3. The standard InChI is InChI=1S/C32H33N3O3S/c1-32(2,3)24(17-27(36)26-15-21-11-7-8-12-25(21)33-26)30(37)34-18-23-16-22(34)19-35(23)31(38)29-14-13-28(39-29)20-9-5-4-6-10-20/h4-15,22-24,33H,16-19H2,1-3H3/t22-,23-,24+/m0/s1. The van der Waals surface area contributed by atoms with Gasteiger partial charge in [-0.25, -0.2) is 0 Å². The zero-order chi connectivity index (χ0) is 27.3. The van der Waals surface area contributed by atoms with Gasteiger partial charge in [-0.05, 0) is 41.7 Å². The van der Waals surface area contributed by atoms with Gasteiger partial charge in [-0.15, -0.1) is 11.3 Å². The number of benzene rings is 2. The van der Waals surface area contributed by atoms with E-state index < -0.39 is 5.92 Å². The number of ketones is 1. The summed E-state index contributed by atoms with van der Waals surface area (Å²) in [6.45, 7) is 7.15. The molecular weight excluding hydrogens is 506 g/mol. The molecule has 2 bridgehead atoms. The van der Waals surface area contributed by atoms with Crippen LogP contribution in [0.25, 0.3) is 21.3 Å². The number of thiophene rings is 1. The Bertz CT molecular complexity index is 1510. The highest BCUT2D eigenvalue weighted by molar-refractivity contribution is 7.17. The molecule has 39 heavy (non-hydrogen) atoms. The smallest absolute Gasteiger partial charge is 0.264 e. The van der Waals surface area contributed by atoms with Gasteiger partial charge < -0.3 is 14.8 Å². The summed E-state index contributed by atoms with van der Waals surface area (Å²) in [5, 5.41) is 0.989. The van der Waals surface area contributed by atoms with E-state index in [0.29, 0.717) is 18.8 Å². The number of nitrogens with one attached hydrogen (secondary N) is 1. The van der Waals surface area contributed by atoms with Crippen LogP contribution in [-0.4, -0.2) is 57.6 Å². The number of para-hydroxylation sites is 1. The molecule has 200 valence electrons. The van der Waals surface area contributed by atoms with Gasteiger partial charge in [0.15, 0.2) is 5.78 Å². The van der Waals surface area contributed by atoms with Gasteiger partial charge in [0.2, 0.25) is 5.91 Å². The van der Waals surface area contributed by atoms with Gasteiger partial charge in [-0.3, -0.25) is 14.4 Å². The van der Waals surface area contributed by atoms with Crippen LogP contribution in [-0.2, 0) is 4.79 Å². The van der Waals surface area contributed by atoms with Crippen LogP contribution in [0.4, 0.5) is 0 Å². The van der Waals surface area contributed by atoms with Crippen molar-refractivity contribution in [1.29, 1.82) is 0 Å². The minimum Gasteiger partial charge on any atom is -0.352 e. The lowest BCUT2D eigenvalue weighted by molar-refractivity contribution is -0.141. The quantitative estimate of drug-likeness (QED) is 0.294. The van der Waals surface area contributed by atoms with E-state index in [1.807, 2.05) is 91.2 Å². The van der Waals surface area contributed by atoms with E-state index in [0.717, 1.165) is 32.6 Å². The first-order valence-corrected chi connectivity index (χ1v) is 14.4. The Morgan fingerprint density at radius 1 is 0.923 bits per heavy atom. The summed E-state index contributed by atoms with van der Waals surface area (Å²) < 4.78 is 0. The fourth-order valence-electron chi connectivity index (χ4n) is 6.02. The van der Waals surface area contributed by atoms with E-state index in [1.54, 1.807) is 0 Å². The second-order valence-electron chi connectivity index (χ2n) is 11.8. The van der Waals surface area contributed by atoms with Crippen molar-refractivity contribution < 1.29 is 14.4 Å². The van der Waals surface area contributed by atoms with Gasteiger partial charge in [-0.1, -0.05) is 69.3 Å². The Kier molecular flexibility index (Phi) is 6.42. The van der Waals surface area contributed by atoms with Crippen molar-refractivity contribution >= 4 is 39.8 Å². The molecular formula is C32H33N3O3S. The number of aromatic amines is 1. The maximum Gasteiger partial charge on any atom is 0.264 e.